The molecular weight excluding hydrogens is 472 g/mol. The molecule has 6 atom stereocenters. The first kappa shape index (κ1) is 25.9. The van der Waals surface area contributed by atoms with Crippen LogP contribution in [0.2, 0.25) is 0 Å². The minimum absolute atomic E-state index is 0.00412. The van der Waals surface area contributed by atoms with Crippen molar-refractivity contribution in [3.63, 3.8) is 0 Å². The zero-order valence-corrected chi connectivity index (χ0v) is 21.6. The molecule has 4 N–H and O–H groups in total. The van der Waals surface area contributed by atoms with Crippen LogP contribution in [0.25, 0.3) is 0 Å². The molecule has 0 spiro atoms. The Morgan fingerprint density at radius 2 is 1.94 bits per heavy atom. The third-order valence-corrected chi connectivity index (χ3v) is 8.93. The van der Waals surface area contributed by atoms with Gasteiger partial charge in [-0.2, -0.15) is 0 Å². The van der Waals surface area contributed by atoms with Crippen LogP contribution in [-0.4, -0.2) is 120 Å². The number of piperazine rings is 1. The first-order valence-corrected chi connectivity index (χ1v) is 13.1. The van der Waals surface area contributed by atoms with Gasteiger partial charge in [-0.1, -0.05) is 6.92 Å². The Morgan fingerprint density at radius 1 is 1.26 bits per heavy atom. The molecule has 0 aromatic carbocycles. The van der Waals surface area contributed by atoms with Gasteiger partial charge in [-0.05, 0) is 13.3 Å². The predicted octanol–water partition coefficient (Wildman–Crippen LogP) is -1.28. The number of amides is 3. The average molecular weight is 509 g/mol. The van der Waals surface area contributed by atoms with Crippen molar-refractivity contribution in [3.05, 3.63) is 10.6 Å². The van der Waals surface area contributed by atoms with Gasteiger partial charge < -0.3 is 30.9 Å². The van der Waals surface area contributed by atoms with Crippen LogP contribution in [0.4, 0.5) is 0 Å². The number of hydrogen-bond acceptors (Lipinski definition) is 8. The number of carboxylic acids is 1. The van der Waals surface area contributed by atoms with Crippen molar-refractivity contribution in [1.29, 1.82) is 0 Å². The van der Waals surface area contributed by atoms with Gasteiger partial charge in [0.15, 0.2) is 0 Å². The number of aliphatic carboxylic acids is 1. The van der Waals surface area contributed by atoms with Crippen molar-refractivity contribution in [2.24, 2.45) is 11.8 Å². The molecule has 11 nitrogen and oxygen atoms in total. The number of carboxylic acid groups (broad SMARTS) is 1. The summed E-state index contributed by atoms with van der Waals surface area (Å²) >= 11 is 1.46. The van der Waals surface area contributed by atoms with Crippen LogP contribution in [0.3, 0.4) is 0 Å². The van der Waals surface area contributed by atoms with Crippen LogP contribution < -0.4 is 16.0 Å². The van der Waals surface area contributed by atoms with Gasteiger partial charge in [0.05, 0.1) is 24.5 Å². The van der Waals surface area contributed by atoms with Crippen molar-refractivity contribution in [1.82, 2.24) is 30.7 Å². The molecule has 0 aliphatic carbocycles. The molecule has 4 heterocycles. The fraction of sp³-hybridized carbons (Fsp3) is 0.739. The van der Waals surface area contributed by atoms with E-state index in [4.69, 9.17) is 0 Å². The number of nitrogens with zero attached hydrogens (tertiary/aromatic N) is 3. The highest BCUT2D eigenvalue weighted by atomic mass is 32.2. The summed E-state index contributed by atoms with van der Waals surface area (Å²) in [5.74, 6) is -2.11. The van der Waals surface area contributed by atoms with E-state index in [-0.39, 0.29) is 53.2 Å². The standard InChI is InChI=1S/C23H36N6O5S/c1-12-18-17(13(2)26-16(30)11-28-7-5-24-6-8-28)22(32)29(18)19(23(33)34)20(12)35-14-9-15(25-10-14)21(31)27(3)4/h12-15,17-18,24-25H,5-11H2,1-4H3,(H,26,30)(H,33,34)/t12-,13-,14+,15?,17-,18-/m1/s1. The molecule has 1 unspecified atom stereocenters. The number of rotatable bonds is 8. The lowest BCUT2D eigenvalue weighted by molar-refractivity contribution is -0.158. The molecule has 12 heteroatoms. The van der Waals surface area contributed by atoms with E-state index in [0.717, 1.165) is 26.2 Å². The lowest BCUT2D eigenvalue weighted by Gasteiger charge is -2.47. The third-order valence-electron chi connectivity index (χ3n) is 7.42. The normalized spacial score (nSPS) is 31.7. The highest BCUT2D eigenvalue weighted by molar-refractivity contribution is 8.03. The molecule has 4 rings (SSSR count). The van der Waals surface area contributed by atoms with E-state index >= 15 is 0 Å². The number of likely N-dealkylation sites (N-methyl/N-ethyl adjacent to an activating group) is 1. The van der Waals surface area contributed by atoms with E-state index in [2.05, 4.69) is 20.9 Å². The second-order valence-electron chi connectivity index (χ2n) is 10.1. The molecule has 0 saturated carbocycles. The SMILES string of the molecule is C[C@@H](NC(=O)CN1CCNCC1)[C@H]1C(=O)N2C(C(=O)O)=C(S[C@@H]3CNC(C(=O)N(C)C)C3)[C@H](C)[C@H]12. The zero-order valence-electron chi connectivity index (χ0n) is 20.7. The van der Waals surface area contributed by atoms with Crippen LogP contribution in [0.1, 0.15) is 20.3 Å². The van der Waals surface area contributed by atoms with Gasteiger partial charge in [-0.15, -0.1) is 11.8 Å². The fourth-order valence-electron chi connectivity index (χ4n) is 5.63. The summed E-state index contributed by atoms with van der Waals surface area (Å²) in [4.78, 5) is 55.9. The van der Waals surface area contributed by atoms with Gasteiger partial charge in [0, 0.05) is 68.9 Å². The molecule has 194 valence electrons. The molecule has 3 amide bonds. The van der Waals surface area contributed by atoms with Gasteiger partial charge >= 0.3 is 5.97 Å². The summed E-state index contributed by atoms with van der Waals surface area (Å²) in [6.07, 6.45) is 0.603. The number of β-lactam (4-membered cyclic amide) rings is 1. The van der Waals surface area contributed by atoms with E-state index in [9.17, 15) is 24.3 Å². The van der Waals surface area contributed by atoms with Crippen LogP contribution in [0, 0.1) is 11.8 Å². The molecule has 35 heavy (non-hydrogen) atoms. The molecule has 0 radical (unpaired) electrons. The van der Waals surface area contributed by atoms with Crippen molar-refractivity contribution < 1.29 is 24.3 Å². The minimum Gasteiger partial charge on any atom is -0.477 e. The number of carbonyl (C=O) groups excluding carboxylic acids is 3. The Labute approximate surface area is 210 Å². The highest BCUT2D eigenvalue weighted by Gasteiger charge is 2.60. The minimum atomic E-state index is -1.11. The summed E-state index contributed by atoms with van der Waals surface area (Å²) in [5, 5.41) is 19.5. The largest absolute Gasteiger partial charge is 0.477 e. The van der Waals surface area contributed by atoms with Gasteiger partial charge in [0.2, 0.25) is 17.7 Å². The highest BCUT2D eigenvalue weighted by Crippen LogP contribution is 2.51. The van der Waals surface area contributed by atoms with Crippen LogP contribution in [-0.2, 0) is 19.2 Å². The lowest BCUT2D eigenvalue weighted by Crippen LogP contribution is -2.66. The monoisotopic (exact) mass is 508 g/mol. The quantitative estimate of drug-likeness (QED) is 0.296. The molecule has 3 fully saturated rings. The third kappa shape index (κ3) is 5.07. The Balaban J connectivity index is 1.41. The van der Waals surface area contributed by atoms with E-state index in [1.165, 1.54) is 16.7 Å². The van der Waals surface area contributed by atoms with E-state index in [1.54, 1.807) is 19.0 Å². The molecule has 0 bridgehead atoms. The van der Waals surface area contributed by atoms with Gasteiger partial charge in [-0.3, -0.25) is 19.3 Å². The van der Waals surface area contributed by atoms with Gasteiger partial charge in [0.1, 0.15) is 5.70 Å². The van der Waals surface area contributed by atoms with Crippen LogP contribution in [0.5, 0.6) is 0 Å². The van der Waals surface area contributed by atoms with Crippen molar-refractivity contribution in [3.8, 4) is 0 Å². The van der Waals surface area contributed by atoms with E-state index < -0.39 is 17.9 Å². The average Bonchev–Trinajstić information content (AvgIpc) is 3.35. The van der Waals surface area contributed by atoms with Crippen LogP contribution >= 0.6 is 11.8 Å². The molecular formula is C23H36N6O5S. The van der Waals surface area contributed by atoms with E-state index in [0.29, 0.717) is 17.9 Å². The maximum Gasteiger partial charge on any atom is 0.353 e. The summed E-state index contributed by atoms with van der Waals surface area (Å²) in [7, 11) is 3.43. The zero-order chi connectivity index (χ0) is 25.4. The Hall–Kier alpha value is -2.15. The molecule has 4 aliphatic rings. The lowest BCUT2D eigenvalue weighted by atomic mass is 9.78. The molecule has 0 aromatic heterocycles. The second-order valence-corrected chi connectivity index (χ2v) is 11.4. The topological polar surface area (TPSA) is 134 Å². The first-order chi connectivity index (χ1) is 16.6. The summed E-state index contributed by atoms with van der Waals surface area (Å²) in [5.41, 5.74) is 0.0514. The Kier molecular flexibility index (Phi) is 7.74. The maximum absolute atomic E-state index is 13.1. The smallest absolute Gasteiger partial charge is 0.353 e. The maximum atomic E-state index is 13.1. The second kappa shape index (κ2) is 10.5. The molecule has 0 aromatic rings. The number of nitrogens with one attached hydrogen (secondary N) is 3. The summed E-state index contributed by atoms with van der Waals surface area (Å²) in [6.45, 7) is 7.98. The number of fused-ring (bicyclic) bond motifs is 1. The van der Waals surface area contributed by atoms with Crippen molar-refractivity contribution >= 4 is 35.5 Å². The summed E-state index contributed by atoms with van der Waals surface area (Å²) in [6, 6.07) is -0.971. The summed E-state index contributed by atoms with van der Waals surface area (Å²) < 4.78 is 0. The number of hydrogen-bond donors (Lipinski definition) is 4. The van der Waals surface area contributed by atoms with Gasteiger partial charge in [0.25, 0.3) is 0 Å². The predicted molar refractivity (Wildman–Crippen MR) is 131 cm³/mol. The number of carbonyl (C=O) groups is 4. The number of thioether (sulfide) groups is 1. The van der Waals surface area contributed by atoms with Crippen molar-refractivity contribution in [2.45, 2.75) is 43.6 Å². The van der Waals surface area contributed by atoms with Crippen molar-refractivity contribution in [2.75, 3.05) is 53.4 Å². The Morgan fingerprint density at radius 3 is 2.57 bits per heavy atom. The first-order valence-electron chi connectivity index (χ1n) is 12.2. The Bertz CT molecular complexity index is 920. The van der Waals surface area contributed by atoms with Crippen LogP contribution in [0.15, 0.2) is 10.6 Å². The van der Waals surface area contributed by atoms with Gasteiger partial charge in [-0.25, -0.2) is 4.79 Å². The molecule has 4 aliphatic heterocycles. The molecule has 3 saturated heterocycles. The fourth-order valence-corrected chi connectivity index (χ4v) is 7.11. The van der Waals surface area contributed by atoms with E-state index in [1.807, 2.05) is 13.8 Å².